The zero-order valence-electron chi connectivity index (χ0n) is 14.4. The first kappa shape index (κ1) is 20.9. The molecule has 11 heteroatoms. The van der Waals surface area contributed by atoms with Crippen molar-refractivity contribution in [3.8, 4) is 5.75 Å². The maximum Gasteiger partial charge on any atom is 0.416 e. The van der Waals surface area contributed by atoms with Crippen LogP contribution in [-0.2, 0) is 11.3 Å². The molecular weight excluding hydrogens is 422 g/mol. The third-order valence-electron chi connectivity index (χ3n) is 4.08. The van der Waals surface area contributed by atoms with Crippen molar-refractivity contribution in [3.05, 3.63) is 46.2 Å². The van der Waals surface area contributed by atoms with Gasteiger partial charge in [0.25, 0.3) is 0 Å². The molecule has 2 heterocycles. The maximum atomic E-state index is 13.0. The summed E-state index contributed by atoms with van der Waals surface area (Å²) in [6.07, 6.45) is -4.87. The third kappa shape index (κ3) is 4.96. The van der Waals surface area contributed by atoms with Gasteiger partial charge in [-0.3, -0.25) is 0 Å². The van der Waals surface area contributed by atoms with Gasteiger partial charge in [-0.2, -0.15) is 13.2 Å². The Balaban J connectivity index is 1.68. The predicted octanol–water partition coefficient (Wildman–Crippen LogP) is 3.49. The third-order valence-corrected chi connectivity index (χ3v) is 4.79. The normalized spacial score (nSPS) is 20.3. The molecule has 0 spiro atoms. The summed E-state index contributed by atoms with van der Waals surface area (Å²) >= 11 is 12.1. The van der Waals surface area contributed by atoms with Gasteiger partial charge >= 0.3 is 6.18 Å². The Morgan fingerprint density at radius 1 is 1.18 bits per heavy atom. The zero-order valence-corrected chi connectivity index (χ0v) is 15.9. The fraction of sp³-hybridized carbons (Fsp3) is 0.412. The summed E-state index contributed by atoms with van der Waals surface area (Å²) in [5.41, 5.74) is 0.599. The second-order valence-electron chi connectivity index (χ2n) is 6.08. The molecule has 1 aromatic carbocycles. The summed E-state index contributed by atoms with van der Waals surface area (Å²) in [7, 11) is 0. The molecule has 28 heavy (non-hydrogen) atoms. The van der Waals surface area contributed by atoms with E-state index in [1.54, 1.807) is 18.2 Å². The molecule has 0 amide bonds. The number of morpholine rings is 1. The monoisotopic (exact) mass is 437 g/mol. The van der Waals surface area contributed by atoms with Gasteiger partial charge < -0.3 is 19.5 Å². The molecule has 3 rings (SSSR count). The van der Waals surface area contributed by atoms with Crippen LogP contribution in [-0.4, -0.2) is 53.2 Å². The molecule has 1 N–H and O–H groups in total. The van der Waals surface area contributed by atoms with E-state index in [9.17, 15) is 18.3 Å². The van der Waals surface area contributed by atoms with Crippen molar-refractivity contribution in [1.29, 1.82) is 0 Å². The van der Waals surface area contributed by atoms with E-state index in [1.165, 1.54) is 17.3 Å². The van der Waals surface area contributed by atoms with E-state index in [-0.39, 0.29) is 19.1 Å². The van der Waals surface area contributed by atoms with E-state index in [2.05, 4.69) is 9.97 Å². The molecule has 2 atom stereocenters. The van der Waals surface area contributed by atoms with Crippen LogP contribution in [0.25, 0.3) is 0 Å². The van der Waals surface area contributed by atoms with Crippen molar-refractivity contribution in [2.24, 2.45) is 0 Å². The minimum absolute atomic E-state index is 0.0402. The molecule has 0 saturated carbocycles. The number of aromatic nitrogens is 2. The van der Waals surface area contributed by atoms with E-state index in [1.807, 2.05) is 0 Å². The largest absolute Gasteiger partial charge is 0.486 e. The SMILES string of the molecule is OC[C@@H]1CN(c2ncc(OCc3c(Cl)cccc3Cl)cn2)C[C@H](C(F)(F)F)O1. The van der Waals surface area contributed by atoms with Crippen LogP contribution in [0.3, 0.4) is 0 Å². The van der Waals surface area contributed by atoms with Gasteiger partial charge in [0.05, 0.1) is 31.6 Å². The molecule has 1 aromatic heterocycles. The maximum absolute atomic E-state index is 13.0. The van der Waals surface area contributed by atoms with Crippen LogP contribution in [0, 0.1) is 0 Å². The number of halogens is 5. The van der Waals surface area contributed by atoms with E-state index < -0.39 is 31.5 Å². The number of ether oxygens (including phenoxy) is 2. The Morgan fingerprint density at radius 2 is 1.82 bits per heavy atom. The van der Waals surface area contributed by atoms with Crippen LogP contribution in [0.2, 0.25) is 10.0 Å². The number of benzene rings is 1. The Hall–Kier alpha value is -1.81. The molecule has 1 aliphatic rings. The number of hydrogen-bond donors (Lipinski definition) is 1. The molecule has 0 bridgehead atoms. The highest BCUT2D eigenvalue weighted by Gasteiger charge is 2.46. The first-order valence-electron chi connectivity index (χ1n) is 8.23. The summed E-state index contributed by atoms with van der Waals surface area (Å²) in [5.74, 6) is 0.387. The van der Waals surface area contributed by atoms with Crippen molar-refractivity contribution in [3.63, 3.8) is 0 Å². The highest BCUT2D eigenvalue weighted by Crippen LogP contribution is 2.29. The van der Waals surface area contributed by atoms with Gasteiger partial charge in [-0.15, -0.1) is 0 Å². The molecule has 152 valence electrons. The smallest absolute Gasteiger partial charge is 0.416 e. The van der Waals surface area contributed by atoms with Crippen LogP contribution in [0.5, 0.6) is 5.75 Å². The number of aliphatic hydroxyl groups excluding tert-OH is 1. The fourth-order valence-corrected chi connectivity index (χ4v) is 3.16. The summed E-state index contributed by atoms with van der Waals surface area (Å²) in [4.78, 5) is 9.44. The number of anilines is 1. The number of nitrogens with zero attached hydrogens (tertiary/aromatic N) is 3. The van der Waals surface area contributed by atoms with Crippen molar-refractivity contribution in [2.75, 3.05) is 24.6 Å². The molecular formula is C17H16Cl2F3N3O3. The topological polar surface area (TPSA) is 67.7 Å². The zero-order chi connectivity index (χ0) is 20.3. The van der Waals surface area contributed by atoms with Crippen LogP contribution in [0.1, 0.15) is 5.56 Å². The van der Waals surface area contributed by atoms with Gasteiger partial charge in [0.15, 0.2) is 11.9 Å². The highest BCUT2D eigenvalue weighted by atomic mass is 35.5. The summed E-state index contributed by atoms with van der Waals surface area (Å²) in [6, 6.07) is 5.07. The first-order chi connectivity index (χ1) is 13.3. The lowest BCUT2D eigenvalue weighted by Gasteiger charge is -2.38. The summed E-state index contributed by atoms with van der Waals surface area (Å²) < 4.78 is 49.5. The molecule has 0 unspecified atom stereocenters. The predicted molar refractivity (Wildman–Crippen MR) is 96.8 cm³/mol. The van der Waals surface area contributed by atoms with Crippen LogP contribution in [0.4, 0.5) is 19.1 Å². The minimum Gasteiger partial charge on any atom is -0.486 e. The van der Waals surface area contributed by atoms with E-state index in [0.717, 1.165) is 0 Å². The van der Waals surface area contributed by atoms with Gasteiger partial charge in [-0.25, -0.2) is 9.97 Å². The van der Waals surface area contributed by atoms with Crippen molar-refractivity contribution >= 4 is 29.2 Å². The Kier molecular flexibility index (Phi) is 6.49. The molecule has 0 radical (unpaired) electrons. The molecule has 1 fully saturated rings. The minimum atomic E-state index is -4.55. The lowest BCUT2D eigenvalue weighted by atomic mass is 10.2. The highest BCUT2D eigenvalue weighted by molar-refractivity contribution is 6.35. The Labute approximate surface area is 168 Å². The first-order valence-corrected chi connectivity index (χ1v) is 8.99. The summed E-state index contributed by atoms with van der Waals surface area (Å²) in [6.45, 7) is -0.877. The average molecular weight is 438 g/mol. The van der Waals surface area contributed by atoms with Crippen LogP contribution >= 0.6 is 23.2 Å². The van der Waals surface area contributed by atoms with Crippen molar-refractivity contribution in [2.45, 2.75) is 25.0 Å². The number of hydrogen-bond acceptors (Lipinski definition) is 6. The van der Waals surface area contributed by atoms with Gasteiger partial charge in [0, 0.05) is 22.2 Å². The Morgan fingerprint density at radius 3 is 2.39 bits per heavy atom. The summed E-state index contributed by atoms with van der Waals surface area (Å²) in [5, 5.41) is 10.1. The lowest BCUT2D eigenvalue weighted by molar-refractivity contribution is -0.238. The fourth-order valence-electron chi connectivity index (χ4n) is 2.66. The van der Waals surface area contributed by atoms with E-state index >= 15 is 0 Å². The van der Waals surface area contributed by atoms with Crippen molar-refractivity contribution < 1.29 is 27.8 Å². The van der Waals surface area contributed by atoms with Gasteiger partial charge in [-0.1, -0.05) is 29.3 Å². The number of alkyl halides is 3. The van der Waals surface area contributed by atoms with Gasteiger partial charge in [-0.05, 0) is 12.1 Å². The number of rotatable bonds is 5. The molecule has 6 nitrogen and oxygen atoms in total. The van der Waals surface area contributed by atoms with Crippen molar-refractivity contribution in [1.82, 2.24) is 9.97 Å². The van der Waals surface area contributed by atoms with Gasteiger partial charge in [0.2, 0.25) is 5.95 Å². The lowest BCUT2D eigenvalue weighted by Crippen LogP contribution is -2.54. The molecule has 2 aromatic rings. The quantitative estimate of drug-likeness (QED) is 0.771. The Bertz CT molecular complexity index is 788. The van der Waals surface area contributed by atoms with Gasteiger partial charge in [0.1, 0.15) is 6.61 Å². The molecule has 1 aliphatic heterocycles. The van der Waals surface area contributed by atoms with E-state index in [0.29, 0.717) is 21.4 Å². The standard InChI is InChI=1S/C17H16Cl2F3N3O3/c18-13-2-1-3-14(19)12(13)9-27-10-4-23-16(24-5-10)25-6-11(8-26)28-15(7-25)17(20,21)22/h1-5,11,15,26H,6-9H2/t11-,15+/m0/s1. The molecule has 0 aliphatic carbocycles. The second-order valence-corrected chi connectivity index (χ2v) is 6.90. The van der Waals surface area contributed by atoms with Crippen LogP contribution in [0.15, 0.2) is 30.6 Å². The molecule has 1 saturated heterocycles. The van der Waals surface area contributed by atoms with Crippen LogP contribution < -0.4 is 9.64 Å². The second kappa shape index (κ2) is 8.69. The van der Waals surface area contributed by atoms with E-state index in [4.69, 9.17) is 32.7 Å². The number of aliphatic hydroxyl groups is 1. The average Bonchev–Trinajstić information content (AvgIpc) is 2.67.